The molecule has 0 aromatic heterocycles. The third kappa shape index (κ3) is 2.43. The van der Waals surface area contributed by atoms with Crippen molar-refractivity contribution in [2.75, 3.05) is 0 Å². The molecule has 0 bridgehead atoms. The normalized spacial score (nSPS) is 13.2. The third-order valence-corrected chi connectivity index (χ3v) is 4.09. The lowest BCUT2D eigenvalue weighted by Gasteiger charge is -2.38. The molecule has 0 heterocycles. The van der Waals surface area contributed by atoms with Gasteiger partial charge in [0.15, 0.2) is 0 Å². The van der Waals surface area contributed by atoms with Crippen LogP contribution in [0, 0.1) is 0 Å². The molecule has 0 saturated carbocycles. The summed E-state index contributed by atoms with van der Waals surface area (Å²) in [6.45, 7) is 4.19. The zero-order valence-corrected chi connectivity index (χ0v) is 11.7. The molecule has 100 valence electrons. The summed E-state index contributed by atoms with van der Waals surface area (Å²) in [5.41, 5.74) is 2.08. The molecule has 1 unspecified atom stereocenters. The van der Waals surface area contributed by atoms with Crippen LogP contribution in [0.3, 0.4) is 0 Å². The summed E-state index contributed by atoms with van der Waals surface area (Å²) in [5, 5.41) is 10.7. The van der Waals surface area contributed by atoms with Crippen LogP contribution in [0.2, 0.25) is 0 Å². The number of aliphatic hydroxyl groups excluding tert-OH is 1. The van der Waals surface area contributed by atoms with E-state index in [1.54, 1.807) is 0 Å². The summed E-state index contributed by atoms with van der Waals surface area (Å²) in [6.07, 6.45) is 1.26. The monoisotopic (exact) mass is 254 g/mol. The van der Waals surface area contributed by atoms with E-state index in [9.17, 15) is 5.11 Å². The van der Waals surface area contributed by atoms with Gasteiger partial charge in [-0.15, -0.1) is 0 Å². The van der Waals surface area contributed by atoms with Crippen LogP contribution >= 0.6 is 0 Å². The molecule has 0 saturated heterocycles. The molecule has 0 amide bonds. The van der Waals surface area contributed by atoms with Crippen LogP contribution in [-0.4, -0.2) is 11.2 Å². The maximum absolute atomic E-state index is 10.7. The molecule has 2 aromatic carbocycles. The van der Waals surface area contributed by atoms with Gasteiger partial charge in [0.1, 0.15) is 0 Å². The van der Waals surface area contributed by atoms with Gasteiger partial charge in [-0.1, -0.05) is 74.5 Å². The zero-order chi connectivity index (χ0) is 13.7. The highest BCUT2D eigenvalue weighted by Gasteiger charge is 2.38. The van der Waals surface area contributed by atoms with Gasteiger partial charge >= 0.3 is 0 Å². The fourth-order valence-electron chi connectivity index (χ4n) is 3.01. The summed E-state index contributed by atoms with van der Waals surface area (Å²) >= 11 is 0. The van der Waals surface area contributed by atoms with Crippen LogP contribution in [0.5, 0.6) is 0 Å². The molecule has 1 atom stereocenters. The number of hydrogen-bond acceptors (Lipinski definition) is 1. The van der Waals surface area contributed by atoms with Gasteiger partial charge in [0, 0.05) is 5.41 Å². The molecule has 0 aliphatic heterocycles. The third-order valence-electron chi connectivity index (χ3n) is 4.09. The predicted octanol–water partition coefficient (Wildman–Crippen LogP) is 4.15. The minimum atomic E-state index is -0.373. The Morgan fingerprint density at radius 2 is 1.26 bits per heavy atom. The van der Waals surface area contributed by atoms with Gasteiger partial charge in [-0.05, 0) is 24.0 Å². The van der Waals surface area contributed by atoms with E-state index in [0.717, 1.165) is 12.8 Å². The minimum Gasteiger partial charge on any atom is -0.392 e. The second-order valence-corrected chi connectivity index (χ2v) is 4.98. The molecule has 2 rings (SSSR count). The molecule has 2 aromatic rings. The van der Waals surface area contributed by atoms with Gasteiger partial charge in [0.05, 0.1) is 6.10 Å². The summed E-state index contributed by atoms with van der Waals surface area (Å²) in [6, 6.07) is 20.7. The van der Waals surface area contributed by atoms with Crippen LogP contribution in [0.15, 0.2) is 60.7 Å². The fourth-order valence-corrected chi connectivity index (χ4v) is 3.01. The van der Waals surface area contributed by atoms with Crippen molar-refractivity contribution in [2.45, 2.75) is 38.2 Å². The Balaban J connectivity index is 2.62. The van der Waals surface area contributed by atoms with Crippen molar-refractivity contribution in [3.05, 3.63) is 71.8 Å². The topological polar surface area (TPSA) is 20.2 Å². The van der Waals surface area contributed by atoms with Crippen molar-refractivity contribution >= 4 is 0 Å². The van der Waals surface area contributed by atoms with Crippen molar-refractivity contribution in [1.82, 2.24) is 0 Å². The Morgan fingerprint density at radius 3 is 1.58 bits per heavy atom. The van der Waals surface area contributed by atoms with Crippen molar-refractivity contribution in [1.29, 1.82) is 0 Å². The number of hydrogen-bond donors (Lipinski definition) is 1. The summed E-state index contributed by atoms with van der Waals surface area (Å²) in [4.78, 5) is 0. The molecule has 1 heteroatoms. The van der Waals surface area contributed by atoms with Gasteiger partial charge in [-0.3, -0.25) is 0 Å². The molecule has 1 nitrogen and oxygen atoms in total. The number of benzene rings is 2. The Hall–Kier alpha value is -1.60. The SMILES string of the molecule is CCC(O)C(CC)(c1ccccc1)c1ccccc1. The van der Waals surface area contributed by atoms with Crippen molar-refractivity contribution in [3.8, 4) is 0 Å². The molecule has 0 fully saturated rings. The Labute approximate surface area is 115 Å². The summed E-state index contributed by atoms with van der Waals surface area (Å²) in [7, 11) is 0. The second-order valence-electron chi connectivity index (χ2n) is 4.98. The second kappa shape index (κ2) is 6.03. The van der Waals surface area contributed by atoms with Crippen LogP contribution in [0.25, 0.3) is 0 Å². The molecule has 0 aliphatic rings. The first-order valence-electron chi connectivity index (χ1n) is 7.04. The predicted molar refractivity (Wildman–Crippen MR) is 80.3 cm³/mol. The standard InChI is InChI=1S/C18H22O/c1-3-17(19)18(4-2,15-11-7-5-8-12-15)16-13-9-6-10-14-16/h5-14,17,19H,3-4H2,1-2H3. The molecule has 0 spiro atoms. The first kappa shape index (κ1) is 13.8. The zero-order valence-electron chi connectivity index (χ0n) is 11.7. The highest BCUT2D eigenvalue weighted by atomic mass is 16.3. The van der Waals surface area contributed by atoms with E-state index in [-0.39, 0.29) is 11.5 Å². The van der Waals surface area contributed by atoms with Crippen LogP contribution in [0.1, 0.15) is 37.8 Å². The van der Waals surface area contributed by atoms with Crippen LogP contribution in [0.4, 0.5) is 0 Å². The summed E-state index contributed by atoms with van der Waals surface area (Å²) < 4.78 is 0. The number of aliphatic hydroxyl groups is 1. The fraction of sp³-hybridized carbons (Fsp3) is 0.333. The lowest BCUT2D eigenvalue weighted by molar-refractivity contribution is 0.0951. The number of rotatable bonds is 5. The maximum Gasteiger partial charge on any atom is 0.0674 e. The van der Waals surface area contributed by atoms with Gasteiger partial charge in [0.25, 0.3) is 0 Å². The van der Waals surface area contributed by atoms with Gasteiger partial charge in [0.2, 0.25) is 0 Å². The van der Waals surface area contributed by atoms with Crippen molar-refractivity contribution in [3.63, 3.8) is 0 Å². The molecule has 19 heavy (non-hydrogen) atoms. The lowest BCUT2D eigenvalue weighted by atomic mass is 9.68. The maximum atomic E-state index is 10.7. The van der Waals surface area contributed by atoms with Crippen LogP contribution in [-0.2, 0) is 5.41 Å². The Bertz CT molecular complexity index is 450. The average molecular weight is 254 g/mol. The van der Waals surface area contributed by atoms with E-state index in [0.29, 0.717) is 0 Å². The highest BCUT2D eigenvalue weighted by Crippen LogP contribution is 2.39. The summed E-state index contributed by atoms with van der Waals surface area (Å²) in [5.74, 6) is 0. The smallest absolute Gasteiger partial charge is 0.0674 e. The molecule has 0 aliphatic carbocycles. The van der Waals surface area contributed by atoms with Crippen LogP contribution < -0.4 is 0 Å². The molecular weight excluding hydrogens is 232 g/mol. The van der Waals surface area contributed by atoms with Gasteiger partial charge in [-0.25, -0.2) is 0 Å². The minimum absolute atomic E-state index is 0.308. The van der Waals surface area contributed by atoms with Crippen molar-refractivity contribution in [2.24, 2.45) is 0 Å². The van der Waals surface area contributed by atoms with E-state index < -0.39 is 0 Å². The molecule has 1 N–H and O–H groups in total. The van der Waals surface area contributed by atoms with Gasteiger partial charge in [-0.2, -0.15) is 0 Å². The largest absolute Gasteiger partial charge is 0.392 e. The quantitative estimate of drug-likeness (QED) is 0.849. The Kier molecular flexibility index (Phi) is 4.39. The molecular formula is C18H22O. The molecule has 0 radical (unpaired) electrons. The van der Waals surface area contributed by atoms with E-state index in [2.05, 4.69) is 31.2 Å². The Morgan fingerprint density at radius 1 is 0.842 bits per heavy atom. The first-order valence-corrected chi connectivity index (χ1v) is 7.04. The lowest BCUT2D eigenvalue weighted by Crippen LogP contribution is -2.39. The van der Waals surface area contributed by atoms with E-state index in [4.69, 9.17) is 0 Å². The average Bonchev–Trinajstić information content (AvgIpc) is 2.50. The highest BCUT2D eigenvalue weighted by molar-refractivity contribution is 5.40. The van der Waals surface area contributed by atoms with Crippen molar-refractivity contribution < 1.29 is 5.11 Å². The van der Waals surface area contributed by atoms with E-state index in [1.165, 1.54) is 11.1 Å². The van der Waals surface area contributed by atoms with Gasteiger partial charge < -0.3 is 5.11 Å². The van der Waals surface area contributed by atoms with E-state index >= 15 is 0 Å². The first-order chi connectivity index (χ1) is 9.25. The van der Waals surface area contributed by atoms with E-state index in [1.807, 2.05) is 43.3 Å².